The lowest BCUT2D eigenvalue weighted by atomic mass is 9.92. The second-order valence-corrected chi connectivity index (χ2v) is 7.28. The number of hydrogen-bond acceptors (Lipinski definition) is 5. The van der Waals surface area contributed by atoms with Crippen LogP contribution in [0.1, 0.15) is 47.2 Å². The molecule has 146 valence electrons. The van der Waals surface area contributed by atoms with Crippen LogP contribution in [0.4, 0.5) is 4.39 Å². The number of allylic oxidation sites excluding steroid dienone is 1. The van der Waals surface area contributed by atoms with Crippen molar-refractivity contribution in [1.29, 1.82) is 5.26 Å². The number of carbonyl (C=O) groups excluding carboxylic acids is 2. The van der Waals surface area contributed by atoms with Gasteiger partial charge in [0.2, 0.25) is 0 Å². The van der Waals surface area contributed by atoms with Gasteiger partial charge in [0, 0.05) is 33.6 Å². The first kappa shape index (κ1) is 20.6. The fourth-order valence-corrected chi connectivity index (χ4v) is 3.45. The van der Waals surface area contributed by atoms with Crippen molar-refractivity contribution in [1.82, 2.24) is 4.98 Å². The van der Waals surface area contributed by atoms with Crippen LogP contribution >= 0.6 is 15.9 Å². The van der Waals surface area contributed by atoms with E-state index in [0.717, 1.165) is 52.9 Å². The van der Waals surface area contributed by atoms with Crippen LogP contribution in [0.3, 0.4) is 0 Å². The molecule has 4 rings (SSSR count). The Kier molecular flexibility index (Phi) is 6.68. The van der Waals surface area contributed by atoms with Gasteiger partial charge < -0.3 is 4.74 Å². The average molecular weight is 455 g/mol. The highest BCUT2D eigenvalue weighted by molar-refractivity contribution is 9.10. The lowest BCUT2D eigenvalue weighted by molar-refractivity contribution is -0.133. The van der Waals surface area contributed by atoms with Crippen molar-refractivity contribution in [3.63, 3.8) is 0 Å². The number of rotatable bonds is 2. The van der Waals surface area contributed by atoms with Crippen LogP contribution in [0.15, 0.2) is 58.0 Å². The van der Waals surface area contributed by atoms with Gasteiger partial charge in [-0.2, -0.15) is 5.26 Å². The maximum Gasteiger partial charge on any atom is 0.339 e. The summed E-state index contributed by atoms with van der Waals surface area (Å²) in [6.45, 7) is 0. The summed E-state index contributed by atoms with van der Waals surface area (Å²) in [5, 5.41) is 8.33. The predicted molar refractivity (Wildman–Crippen MR) is 108 cm³/mol. The van der Waals surface area contributed by atoms with Crippen LogP contribution in [-0.2, 0) is 9.53 Å². The third kappa shape index (κ3) is 4.84. The summed E-state index contributed by atoms with van der Waals surface area (Å²) in [5.74, 6) is -0.0548. The van der Waals surface area contributed by atoms with E-state index in [1.54, 1.807) is 18.5 Å². The summed E-state index contributed by atoms with van der Waals surface area (Å²) in [6, 6.07) is 7.16. The van der Waals surface area contributed by atoms with E-state index in [1.807, 2.05) is 12.1 Å². The molecule has 5 nitrogen and oxygen atoms in total. The number of esters is 1. The lowest BCUT2D eigenvalue weighted by Gasteiger charge is -2.10. The number of aldehydes is 1. The third-order valence-corrected chi connectivity index (χ3v) is 5.21. The number of hydrogen-bond donors (Lipinski definition) is 0. The second kappa shape index (κ2) is 9.39. The van der Waals surface area contributed by atoms with E-state index >= 15 is 0 Å². The van der Waals surface area contributed by atoms with Gasteiger partial charge in [-0.1, -0.05) is 0 Å². The molecule has 2 aromatic rings. The molecule has 0 spiro atoms. The van der Waals surface area contributed by atoms with Crippen molar-refractivity contribution in [3.05, 3.63) is 80.5 Å². The van der Waals surface area contributed by atoms with Gasteiger partial charge in [0.1, 0.15) is 23.9 Å². The summed E-state index contributed by atoms with van der Waals surface area (Å²) < 4.78 is 18.8. The number of carbonyl (C=O) groups is 2. The number of benzene rings is 1. The van der Waals surface area contributed by atoms with Crippen LogP contribution in [0.2, 0.25) is 0 Å². The molecule has 1 aromatic carbocycles. The zero-order chi connectivity index (χ0) is 20.8. The van der Waals surface area contributed by atoms with E-state index in [-0.39, 0.29) is 11.5 Å². The van der Waals surface area contributed by atoms with E-state index < -0.39 is 5.82 Å². The molecule has 0 atom stereocenters. The zero-order valence-electron chi connectivity index (χ0n) is 15.3. The average Bonchev–Trinajstić information content (AvgIpc) is 3.06. The molecular formula is C22H16BrFN2O3. The Morgan fingerprint density at radius 1 is 1.21 bits per heavy atom. The molecular weight excluding hydrogens is 439 g/mol. The molecule has 1 aliphatic heterocycles. The van der Waals surface area contributed by atoms with Crippen LogP contribution in [0.25, 0.3) is 6.08 Å². The topological polar surface area (TPSA) is 80.0 Å². The number of nitriles is 1. The van der Waals surface area contributed by atoms with Crippen LogP contribution < -0.4 is 0 Å². The molecule has 0 bridgehead atoms. The molecule has 0 unspecified atom stereocenters. The van der Waals surface area contributed by atoms with Gasteiger partial charge in [0.15, 0.2) is 0 Å². The van der Waals surface area contributed by atoms with E-state index in [0.29, 0.717) is 17.6 Å². The fourth-order valence-electron chi connectivity index (χ4n) is 3.09. The van der Waals surface area contributed by atoms with Gasteiger partial charge in [-0.15, -0.1) is 0 Å². The van der Waals surface area contributed by atoms with Gasteiger partial charge in [0.25, 0.3) is 0 Å². The Morgan fingerprint density at radius 2 is 1.97 bits per heavy atom. The smallest absolute Gasteiger partial charge is 0.339 e. The van der Waals surface area contributed by atoms with Crippen molar-refractivity contribution in [3.8, 4) is 6.07 Å². The van der Waals surface area contributed by atoms with E-state index in [9.17, 15) is 14.0 Å². The van der Waals surface area contributed by atoms with Crippen LogP contribution in [-0.4, -0.2) is 17.2 Å². The van der Waals surface area contributed by atoms with Crippen molar-refractivity contribution < 1.29 is 18.7 Å². The second-order valence-electron chi connectivity index (χ2n) is 6.43. The van der Waals surface area contributed by atoms with Crippen molar-refractivity contribution >= 4 is 34.3 Å². The van der Waals surface area contributed by atoms with Gasteiger partial charge in [0.05, 0.1) is 5.56 Å². The molecule has 0 radical (unpaired) electrons. The Labute approximate surface area is 175 Å². The quantitative estimate of drug-likeness (QED) is 0.464. The Hall–Kier alpha value is -3.11. The molecule has 2 heterocycles. The number of pyridine rings is 1. The molecule has 2 aliphatic rings. The summed E-state index contributed by atoms with van der Waals surface area (Å²) in [4.78, 5) is 25.9. The largest absolute Gasteiger partial charge is 0.423 e. The molecule has 0 N–H and O–H groups in total. The lowest BCUT2D eigenvalue weighted by Crippen LogP contribution is -2.01. The maximum atomic E-state index is 12.6. The summed E-state index contributed by atoms with van der Waals surface area (Å²) >= 11 is 3.44. The first-order chi connectivity index (χ1) is 14.0. The number of nitrogens with zero attached hydrogens (tertiary/aromatic N) is 2. The highest BCUT2D eigenvalue weighted by atomic mass is 79.9. The Morgan fingerprint density at radius 3 is 2.66 bits per heavy atom. The van der Waals surface area contributed by atoms with Gasteiger partial charge in [-0.25, -0.2) is 9.18 Å². The minimum atomic E-state index is -0.599. The Bertz CT molecular complexity index is 1070. The number of aromatic nitrogens is 1. The first-order valence-electron chi connectivity index (χ1n) is 8.94. The standard InChI is InChI=1S/C14H12BrNO2.C8H4FNO/c15-12-8-16-6-5-9(12)7-13-10-3-1-2-4-11(10)14(17)18-13;9-8-2-1-6(5-11)3-7(8)4-10/h5-8H,1-4H2;1-3,5H. The zero-order valence-corrected chi connectivity index (χ0v) is 16.9. The molecule has 0 saturated heterocycles. The van der Waals surface area contributed by atoms with Crippen LogP contribution in [0, 0.1) is 17.1 Å². The predicted octanol–water partition coefficient (Wildman–Crippen LogP) is 5.12. The molecule has 1 aromatic heterocycles. The van der Waals surface area contributed by atoms with E-state index in [4.69, 9.17) is 10.00 Å². The maximum absolute atomic E-state index is 12.6. The first-order valence-corrected chi connectivity index (χ1v) is 9.73. The highest BCUT2D eigenvalue weighted by Crippen LogP contribution is 2.38. The van der Waals surface area contributed by atoms with Crippen LogP contribution in [0.5, 0.6) is 0 Å². The molecule has 29 heavy (non-hydrogen) atoms. The van der Waals surface area contributed by atoms with Gasteiger partial charge in [-0.3, -0.25) is 9.78 Å². The molecule has 0 saturated carbocycles. The summed E-state index contributed by atoms with van der Waals surface area (Å²) in [6.07, 6.45) is 9.95. The third-order valence-electron chi connectivity index (χ3n) is 4.55. The number of ether oxygens (including phenoxy) is 1. The monoisotopic (exact) mass is 454 g/mol. The van der Waals surface area contributed by atoms with Gasteiger partial charge >= 0.3 is 5.97 Å². The SMILES string of the molecule is N#Cc1cc(C=O)ccc1F.O=C1OC(=Cc2ccncc2Br)C2=C1CCCC2. The van der Waals surface area contributed by atoms with Crippen molar-refractivity contribution in [2.45, 2.75) is 25.7 Å². The fraction of sp³-hybridized carbons (Fsp3) is 0.182. The summed E-state index contributed by atoms with van der Waals surface area (Å²) in [5.41, 5.74) is 3.15. The van der Waals surface area contributed by atoms with E-state index in [2.05, 4.69) is 20.9 Å². The highest BCUT2D eigenvalue weighted by Gasteiger charge is 2.31. The molecule has 7 heteroatoms. The van der Waals surface area contributed by atoms with E-state index in [1.165, 1.54) is 12.1 Å². The minimum absolute atomic E-state index is 0.102. The van der Waals surface area contributed by atoms with Crippen molar-refractivity contribution in [2.75, 3.05) is 0 Å². The summed E-state index contributed by atoms with van der Waals surface area (Å²) in [7, 11) is 0. The molecule has 0 amide bonds. The number of halogens is 2. The normalized spacial score (nSPS) is 16.4. The molecule has 0 fully saturated rings. The minimum Gasteiger partial charge on any atom is -0.423 e. The number of cyclic esters (lactones) is 1. The Balaban J connectivity index is 0.000000188. The van der Waals surface area contributed by atoms with Gasteiger partial charge in [-0.05, 0) is 77.5 Å². The molecule has 1 aliphatic carbocycles. The van der Waals surface area contributed by atoms with Crippen molar-refractivity contribution in [2.24, 2.45) is 0 Å².